The number of fused-ring (bicyclic) bond motifs is 1. The Hall–Kier alpha value is -3.48. The molecule has 2 N–H and O–H groups in total. The second kappa shape index (κ2) is 9.79. The highest BCUT2D eigenvalue weighted by Gasteiger charge is 2.28. The van der Waals surface area contributed by atoms with Crippen LogP contribution in [0, 0.1) is 20.8 Å². The van der Waals surface area contributed by atoms with E-state index >= 15 is 0 Å². The predicted octanol–water partition coefficient (Wildman–Crippen LogP) is 5.29. The lowest BCUT2D eigenvalue weighted by Gasteiger charge is -2.21. The number of amides is 1. The summed E-state index contributed by atoms with van der Waals surface area (Å²) >= 11 is 0. The summed E-state index contributed by atoms with van der Waals surface area (Å²) in [4.78, 5) is 13.7. The first-order valence-corrected chi connectivity index (χ1v) is 12.7. The molecule has 0 radical (unpaired) electrons. The number of rotatable bonds is 7. The van der Waals surface area contributed by atoms with Crippen molar-refractivity contribution in [3.63, 3.8) is 0 Å². The first kappa shape index (κ1) is 23.7. The summed E-state index contributed by atoms with van der Waals surface area (Å²) < 4.78 is 29.6. The third-order valence-electron chi connectivity index (χ3n) is 5.82. The maximum Gasteiger partial charge on any atom is 0.242 e. The van der Waals surface area contributed by atoms with Gasteiger partial charge in [0.1, 0.15) is 6.04 Å². The van der Waals surface area contributed by atoms with Crippen LogP contribution in [0.5, 0.6) is 0 Å². The Balaban J connectivity index is 1.69. The molecule has 0 fully saturated rings. The van der Waals surface area contributed by atoms with Gasteiger partial charge >= 0.3 is 0 Å². The van der Waals surface area contributed by atoms with Crippen LogP contribution in [0.4, 0.5) is 5.69 Å². The average Bonchev–Trinajstić information content (AvgIpc) is 2.78. The fourth-order valence-electron chi connectivity index (χ4n) is 4.43. The fraction of sp³-hybridized carbons (Fsp3) is 0.179. The quantitative estimate of drug-likeness (QED) is 0.384. The summed E-state index contributed by atoms with van der Waals surface area (Å²) in [5.74, 6) is -0.411. The van der Waals surface area contributed by atoms with Gasteiger partial charge in [0.05, 0.1) is 4.90 Å². The van der Waals surface area contributed by atoms with Crippen LogP contribution in [-0.4, -0.2) is 20.4 Å². The van der Waals surface area contributed by atoms with Crippen LogP contribution < -0.4 is 10.0 Å². The van der Waals surface area contributed by atoms with Gasteiger partial charge in [0.15, 0.2) is 0 Å². The highest BCUT2D eigenvalue weighted by atomic mass is 32.2. The van der Waals surface area contributed by atoms with Crippen molar-refractivity contribution in [2.45, 2.75) is 38.1 Å². The number of sulfonamides is 1. The number of nitrogens with one attached hydrogen (secondary N) is 2. The van der Waals surface area contributed by atoms with Gasteiger partial charge in [-0.25, -0.2) is 8.42 Å². The van der Waals surface area contributed by atoms with Crippen molar-refractivity contribution < 1.29 is 13.2 Å². The number of carbonyl (C=O) groups excluding carboxylic acids is 1. The normalized spacial score (nSPS) is 12.4. The van der Waals surface area contributed by atoms with E-state index in [9.17, 15) is 13.2 Å². The Labute approximate surface area is 200 Å². The lowest BCUT2D eigenvalue weighted by molar-refractivity contribution is -0.117. The van der Waals surface area contributed by atoms with E-state index in [0.717, 1.165) is 21.9 Å². The van der Waals surface area contributed by atoms with Crippen LogP contribution >= 0.6 is 0 Å². The summed E-state index contributed by atoms with van der Waals surface area (Å²) in [6.45, 7) is 5.48. The molecule has 1 amide bonds. The molecule has 0 aliphatic carbocycles. The topological polar surface area (TPSA) is 75.3 Å². The largest absolute Gasteiger partial charge is 0.324 e. The van der Waals surface area contributed by atoms with Crippen molar-refractivity contribution in [2.75, 3.05) is 5.32 Å². The second-order valence-electron chi connectivity index (χ2n) is 8.61. The van der Waals surface area contributed by atoms with E-state index < -0.39 is 22.0 Å². The summed E-state index contributed by atoms with van der Waals surface area (Å²) in [7, 11) is -3.95. The molecule has 4 aromatic rings. The van der Waals surface area contributed by atoms with E-state index in [-0.39, 0.29) is 11.3 Å². The second-order valence-corrected chi connectivity index (χ2v) is 10.3. The van der Waals surface area contributed by atoms with Gasteiger partial charge in [-0.15, -0.1) is 0 Å². The summed E-state index contributed by atoms with van der Waals surface area (Å²) in [5.41, 5.74) is 3.79. The van der Waals surface area contributed by atoms with E-state index in [2.05, 4.69) is 10.0 Å². The maximum atomic E-state index is 13.5. The zero-order valence-corrected chi connectivity index (χ0v) is 20.3. The number of hydrogen-bond donors (Lipinski definition) is 2. The number of aryl methyl sites for hydroxylation is 3. The molecule has 0 saturated heterocycles. The zero-order chi connectivity index (χ0) is 24.3. The van der Waals surface area contributed by atoms with Gasteiger partial charge in [0.2, 0.25) is 15.9 Å². The lowest BCUT2D eigenvalue weighted by atomic mass is 10.1. The minimum absolute atomic E-state index is 0.217. The number of benzene rings is 4. The smallest absolute Gasteiger partial charge is 0.242 e. The molecular formula is C28H28N2O3S. The number of carbonyl (C=O) groups is 1. The molecule has 4 aromatic carbocycles. The SMILES string of the molecule is Cc1cc(C)c(S(=O)(=O)N[C@@H](Cc2ccccc2)C(=O)Nc2cccc3ccccc23)c(C)c1. The molecule has 5 nitrogen and oxygen atoms in total. The van der Waals surface area contributed by atoms with Gasteiger partial charge < -0.3 is 5.32 Å². The van der Waals surface area contributed by atoms with Crippen molar-refractivity contribution in [2.24, 2.45) is 0 Å². The van der Waals surface area contributed by atoms with Crippen molar-refractivity contribution in [1.82, 2.24) is 4.72 Å². The summed E-state index contributed by atoms with van der Waals surface area (Å²) in [5, 5.41) is 4.84. The fourth-order valence-corrected chi connectivity index (χ4v) is 6.08. The maximum absolute atomic E-state index is 13.5. The van der Waals surface area contributed by atoms with E-state index in [1.165, 1.54) is 0 Å². The van der Waals surface area contributed by atoms with Crippen molar-refractivity contribution in [1.29, 1.82) is 0 Å². The van der Waals surface area contributed by atoms with Crippen LogP contribution in [0.15, 0.2) is 89.8 Å². The summed E-state index contributed by atoms with van der Waals surface area (Å²) in [6.07, 6.45) is 0.223. The monoisotopic (exact) mass is 472 g/mol. The Morgan fingerprint density at radius 1 is 0.824 bits per heavy atom. The van der Waals surface area contributed by atoms with Gasteiger partial charge in [-0.2, -0.15) is 4.72 Å². The molecule has 0 bridgehead atoms. The van der Waals surface area contributed by atoms with Crippen LogP contribution in [-0.2, 0) is 21.2 Å². The van der Waals surface area contributed by atoms with Crippen molar-refractivity contribution >= 4 is 32.4 Å². The van der Waals surface area contributed by atoms with E-state index in [1.54, 1.807) is 13.8 Å². The molecular weight excluding hydrogens is 444 g/mol. The predicted molar refractivity (Wildman–Crippen MR) is 137 cm³/mol. The molecule has 1 atom stereocenters. The van der Waals surface area contributed by atoms with Crippen molar-refractivity contribution in [3.8, 4) is 0 Å². The lowest BCUT2D eigenvalue weighted by Crippen LogP contribution is -2.45. The molecule has 34 heavy (non-hydrogen) atoms. The number of hydrogen-bond acceptors (Lipinski definition) is 3. The zero-order valence-electron chi connectivity index (χ0n) is 19.5. The van der Waals surface area contributed by atoms with Crippen molar-refractivity contribution in [3.05, 3.63) is 107 Å². The Kier molecular flexibility index (Phi) is 6.82. The molecule has 0 spiro atoms. The van der Waals surface area contributed by atoms with Crippen LogP contribution in [0.1, 0.15) is 22.3 Å². The highest BCUT2D eigenvalue weighted by Crippen LogP contribution is 2.25. The van der Waals surface area contributed by atoms with Gasteiger partial charge in [0.25, 0.3) is 0 Å². The van der Waals surface area contributed by atoms with E-state index in [0.29, 0.717) is 16.8 Å². The molecule has 0 saturated carbocycles. The molecule has 0 aromatic heterocycles. The molecule has 0 aliphatic heterocycles. The summed E-state index contributed by atoms with van der Waals surface area (Å²) in [6, 6.07) is 25.5. The highest BCUT2D eigenvalue weighted by molar-refractivity contribution is 7.89. The number of anilines is 1. The Morgan fingerprint density at radius 2 is 1.44 bits per heavy atom. The molecule has 174 valence electrons. The average molecular weight is 473 g/mol. The van der Waals surface area contributed by atoms with E-state index in [1.807, 2.05) is 91.9 Å². The van der Waals surface area contributed by atoms with Gasteiger partial charge in [-0.1, -0.05) is 84.4 Å². The Morgan fingerprint density at radius 3 is 2.15 bits per heavy atom. The molecule has 6 heteroatoms. The van der Waals surface area contributed by atoms with Gasteiger partial charge in [-0.05, 0) is 55.3 Å². The minimum Gasteiger partial charge on any atom is -0.324 e. The first-order chi connectivity index (χ1) is 16.2. The van der Waals surface area contributed by atoms with Gasteiger partial charge in [-0.3, -0.25) is 4.79 Å². The third kappa shape index (κ3) is 5.19. The molecule has 4 rings (SSSR count). The third-order valence-corrected chi connectivity index (χ3v) is 7.59. The molecule has 0 heterocycles. The van der Waals surface area contributed by atoms with Gasteiger partial charge in [0, 0.05) is 11.1 Å². The van der Waals surface area contributed by atoms with Crippen LogP contribution in [0.2, 0.25) is 0 Å². The standard InChI is InChI=1S/C28H28N2O3S/c1-19-16-20(2)27(21(3)17-19)34(32,33)30-26(18-22-10-5-4-6-11-22)28(31)29-25-15-9-13-23-12-7-8-14-24(23)25/h4-17,26,30H,18H2,1-3H3,(H,29,31)/t26-/m0/s1. The first-order valence-electron chi connectivity index (χ1n) is 11.2. The Bertz CT molecular complexity index is 1420. The molecule has 0 unspecified atom stereocenters. The van der Waals surface area contributed by atoms with E-state index in [4.69, 9.17) is 0 Å². The van der Waals surface area contributed by atoms with Crippen LogP contribution in [0.3, 0.4) is 0 Å². The van der Waals surface area contributed by atoms with Crippen LogP contribution in [0.25, 0.3) is 10.8 Å². The molecule has 0 aliphatic rings. The minimum atomic E-state index is -3.95.